The van der Waals surface area contributed by atoms with Crippen LogP contribution in [0.3, 0.4) is 0 Å². The number of amidine groups is 1. The quantitative estimate of drug-likeness (QED) is 0.653. The van der Waals surface area contributed by atoms with Gasteiger partial charge in [-0.15, -0.1) is 0 Å². The molecule has 0 saturated carbocycles. The van der Waals surface area contributed by atoms with E-state index in [2.05, 4.69) is 10.3 Å². The molecule has 5 nitrogen and oxygen atoms in total. The van der Waals surface area contributed by atoms with E-state index in [4.69, 9.17) is 9.47 Å². The molecular formula is C22H18N2O3S. The number of methoxy groups -OCH3 is 2. The number of hydrogen-bond donors (Lipinski definition) is 1. The molecule has 140 valence electrons. The second-order valence-corrected chi connectivity index (χ2v) is 7.12. The van der Waals surface area contributed by atoms with Crippen LogP contribution in [0.25, 0.3) is 16.8 Å². The Hall–Kier alpha value is -3.25. The number of amides is 1. The van der Waals surface area contributed by atoms with E-state index in [9.17, 15) is 4.79 Å². The maximum atomic E-state index is 12.4. The molecule has 0 aromatic heterocycles. The van der Waals surface area contributed by atoms with Gasteiger partial charge < -0.3 is 14.8 Å². The van der Waals surface area contributed by atoms with Gasteiger partial charge in [-0.05, 0) is 53.6 Å². The molecule has 0 spiro atoms. The van der Waals surface area contributed by atoms with Crippen molar-refractivity contribution in [2.75, 3.05) is 14.2 Å². The summed E-state index contributed by atoms with van der Waals surface area (Å²) in [4.78, 5) is 17.4. The minimum atomic E-state index is -0.174. The highest BCUT2D eigenvalue weighted by molar-refractivity contribution is 8.18. The molecule has 28 heavy (non-hydrogen) atoms. The summed E-state index contributed by atoms with van der Waals surface area (Å²) in [5.41, 5.74) is 1.61. The Kier molecular flexibility index (Phi) is 5.04. The Bertz CT molecular complexity index is 1110. The summed E-state index contributed by atoms with van der Waals surface area (Å²) in [5.74, 6) is 1.28. The van der Waals surface area contributed by atoms with Crippen LogP contribution in [-0.2, 0) is 4.79 Å². The van der Waals surface area contributed by atoms with E-state index in [1.54, 1.807) is 14.2 Å². The Morgan fingerprint density at radius 1 is 0.964 bits per heavy atom. The highest BCUT2D eigenvalue weighted by atomic mass is 32.2. The fourth-order valence-corrected chi connectivity index (χ4v) is 3.84. The molecule has 6 heteroatoms. The summed E-state index contributed by atoms with van der Waals surface area (Å²) < 4.78 is 11.0. The lowest BCUT2D eigenvalue weighted by Crippen LogP contribution is -2.19. The van der Waals surface area contributed by atoms with Crippen molar-refractivity contribution >= 4 is 45.4 Å². The van der Waals surface area contributed by atoms with E-state index in [-0.39, 0.29) is 5.91 Å². The molecule has 0 radical (unpaired) electrons. The summed E-state index contributed by atoms with van der Waals surface area (Å²) in [7, 11) is 3.26. The van der Waals surface area contributed by atoms with Gasteiger partial charge in [-0.2, -0.15) is 0 Å². The van der Waals surface area contributed by atoms with Crippen LogP contribution in [0.4, 0.5) is 5.69 Å². The first-order valence-corrected chi connectivity index (χ1v) is 9.49. The van der Waals surface area contributed by atoms with Crippen LogP contribution in [0.5, 0.6) is 11.5 Å². The molecule has 0 atom stereocenters. The number of aliphatic imine (C=N–C) groups is 1. The van der Waals surface area contributed by atoms with Crippen molar-refractivity contribution in [3.8, 4) is 11.5 Å². The summed E-state index contributed by atoms with van der Waals surface area (Å²) in [6.07, 6.45) is 1.82. The van der Waals surface area contributed by atoms with Gasteiger partial charge in [-0.1, -0.05) is 30.3 Å². The lowest BCUT2D eigenvalue weighted by molar-refractivity contribution is -0.115. The van der Waals surface area contributed by atoms with Crippen LogP contribution in [0.15, 0.2) is 70.6 Å². The highest BCUT2D eigenvalue weighted by Crippen LogP contribution is 2.35. The van der Waals surface area contributed by atoms with E-state index in [1.165, 1.54) is 11.8 Å². The largest absolute Gasteiger partial charge is 0.496 e. The number of carbonyl (C=O) groups is 1. The average Bonchev–Trinajstić information content (AvgIpc) is 3.06. The minimum Gasteiger partial charge on any atom is -0.496 e. The van der Waals surface area contributed by atoms with Gasteiger partial charge in [-0.25, -0.2) is 4.99 Å². The molecule has 0 aliphatic carbocycles. The lowest BCUT2D eigenvalue weighted by atomic mass is 10.0. The van der Waals surface area contributed by atoms with Gasteiger partial charge >= 0.3 is 0 Å². The fourth-order valence-electron chi connectivity index (χ4n) is 3.00. The number of ether oxygens (including phenoxy) is 2. The topological polar surface area (TPSA) is 59.9 Å². The second-order valence-electron chi connectivity index (χ2n) is 6.09. The molecule has 1 fully saturated rings. The van der Waals surface area contributed by atoms with Crippen LogP contribution < -0.4 is 14.8 Å². The van der Waals surface area contributed by atoms with Crippen LogP contribution in [0, 0.1) is 0 Å². The SMILES string of the molecule is COc1cc2c(OC)cccc2cc1/C=C1/SC(=Nc2ccccc2)NC1=O. The Labute approximate surface area is 167 Å². The van der Waals surface area contributed by atoms with Crippen molar-refractivity contribution in [3.63, 3.8) is 0 Å². The molecule has 3 aromatic carbocycles. The van der Waals surface area contributed by atoms with Crippen molar-refractivity contribution in [3.05, 3.63) is 71.1 Å². The second kappa shape index (κ2) is 7.78. The smallest absolute Gasteiger partial charge is 0.264 e. The molecule has 3 aromatic rings. The third-order valence-electron chi connectivity index (χ3n) is 4.33. The number of nitrogens with zero attached hydrogens (tertiary/aromatic N) is 1. The number of thioether (sulfide) groups is 1. The number of para-hydroxylation sites is 1. The molecule has 0 bridgehead atoms. The third-order valence-corrected chi connectivity index (χ3v) is 5.24. The van der Waals surface area contributed by atoms with Crippen molar-refractivity contribution in [2.24, 2.45) is 4.99 Å². The van der Waals surface area contributed by atoms with Gasteiger partial charge in [0.15, 0.2) is 5.17 Å². The Morgan fingerprint density at radius 2 is 1.75 bits per heavy atom. The zero-order valence-electron chi connectivity index (χ0n) is 15.4. The van der Waals surface area contributed by atoms with Crippen molar-refractivity contribution in [1.29, 1.82) is 0 Å². The third kappa shape index (κ3) is 3.59. The number of benzene rings is 3. The maximum Gasteiger partial charge on any atom is 0.264 e. The van der Waals surface area contributed by atoms with Gasteiger partial charge in [0.05, 0.1) is 24.8 Å². The molecule has 1 heterocycles. The van der Waals surface area contributed by atoms with E-state index in [0.29, 0.717) is 15.8 Å². The zero-order valence-corrected chi connectivity index (χ0v) is 16.2. The monoisotopic (exact) mass is 390 g/mol. The molecule has 1 amide bonds. The van der Waals surface area contributed by atoms with E-state index in [1.807, 2.05) is 66.7 Å². The van der Waals surface area contributed by atoms with Crippen LogP contribution in [-0.4, -0.2) is 25.3 Å². The highest BCUT2D eigenvalue weighted by Gasteiger charge is 2.24. The predicted molar refractivity (Wildman–Crippen MR) is 114 cm³/mol. The summed E-state index contributed by atoms with van der Waals surface area (Å²) >= 11 is 1.31. The van der Waals surface area contributed by atoms with Crippen LogP contribution in [0.1, 0.15) is 5.56 Å². The maximum absolute atomic E-state index is 12.4. The van der Waals surface area contributed by atoms with Crippen molar-refractivity contribution in [2.45, 2.75) is 0 Å². The standard InChI is InChI=1S/C22H18N2O3S/c1-26-18-10-6-7-14-11-15(19(27-2)13-17(14)18)12-20-21(25)24-22(28-20)23-16-8-4-3-5-9-16/h3-13H,1-2H3,(H,23,24,25)/b20-12+. The molecule has 1 N–H and O–H groups in total. The van der Waals surface area contributed by atoms with Crippen molar-refractivity contribution in [1.82, 2.24) is 5.32 Å². The van der Waals surface area contributed by atoms with Gasteiger partial charge in [0, 0.05) is 10.9 Å². The van der Waals surface area contributed by atoms with Crippen LogP contribution >= 0.6 is 11.8 Å². The molecule has 1 aliphatic heterocycles. The normalized spacial score (nSPS) is 16.6. The number of fused-ring (bicyclic) bond motifs is 1. The number of nitrogens with one attached hydrogen (secondary N) is 1. The fraction of sp³-hybridized carbons (Fsp3) is 0.0909. The Morgan fingerprint density at radius 3 is 2.50 bits per heavy atom. The molecule has 1 aliphatic rings. The summed E-state index contributed by atoms with van der Waals surface area (Å²) in [6.45, 7) is 0. The molecule has 1 saturated heterocycles. The average molecular weight is 390 g/mol. The van der Waals surface area contributed by atoms with Crippen molar-refractivity contribution < 1.29 is 14.3 Å². The zero-order chi connectivity index (χ0) is 19.5. The van der Waals surface area contributed by atoms with Crippen LogP contribution in [0.2, 0.25) is 0 Å². The summed E-state index contributed by atoms with van der Waals surface area (Å²) in [5, 5.41) is 5.33. The lowest BCUT2D eigenvalue weighted by Gasteiger charge is -2.10. The van der Waals surface area contributed by atoms with E-state index in [0.717, 1.165) is 27.8 Å². The Balaban J connectivity index is 1.71. The predicted octanol–water partition coefficient (Wildman–Crippen LogP) is 4.75. The number of rotatable bonds is 4. The van der Waals surface area contributed by atoms with Gasteiger partial charge in [0.1, 0.15) is 11.5 Å². The first kappa shape index (κ1) is 18.1. The summed E-state index contributed by atoms with van der Waals surface area (Å²) in [6, 6.07) is 19.3. The van der Waals surface area contributed by atoms with Gasteiger partial charge in [0.25, 0.3) is 5.91 Å². The molecular weight excluding hydrogens is 372 g/mol. The number of carbonyl (C=O) groups excluding carboxylic acids is 1. The van der Waals surface area contributed by atoms with Gasteiger partial charge in [-0.3, -0.25) is 4.79 Å². The first-order valence-electron chi connectivity index (χ1n) is 8.67. The minimum absolute atomic E-state index is 0.174. The van der Waals surface area contributed by atoms with E-state index < -0.39 is 0 Å². The van der Waals surface area contributed by atoms with Gasteiger partial charge in [0.2, 0.25) is 0 Å². The first-order chi connectivity index (χ1) is 13.7. The van der Waals surface area contributed by atoms with E-state index >= 15 is 0 Å². The molecule has 0 unspecified atom stereocenters. The molecule has 4 rings (SSSR count). The number of hydrogen-bond acceptors (Lipinski definition) is 5.